The van der Waals surface area contributed by atoms with Crippen molar-refractivity contribution >= 4 is 35.3 Å². The number of benzene rings is 2. The quantitative estimate of drug-likeness (QED) is 0.0941. The van der Waals surface area contributed by atoms with E-state index < -0.39 is 17.9 Å². The normalized spacial score (nSPS) is 17.3. The van der Waals surface area contributed by atoms with Crippen LogP contribution in [-0.4, -0.2) is 83.9 Å². The molecule has 4 aromatic rings. The molecule has 2 aliphatic heterocycles. The predicted octanol–water partition coefficient (Wildman–Crippen LogP) is 5.05. The van der Waals surface area contributed by atoms with Gasteiger partial charge in [-0.25, -0.2) is 4.98 Å². The molecule has 1 unspecified atom stereocenters. The van der Waals surface area contributed by atoms with Crippen LogP contribution in [0.4, 0.5) is 20.5 Å². The van der Waals surface area contributed by atoms with Gasteiger partial charge in [0.1, 0.15) is 17.8 Å². The molecule has 2 aromatic carbocycles. The highest BCUT2D eigenvalue weighted by atomic mass is 19.3. The Kier molecular flexibility index (Phi) is 11.5. The molecule has 1 saturated carbocycles. The Balaban J connectivity index is 0.837. The van der Waals surface area contributed by atoms with Gasteiger partial charge in [-0.05, 0) is 86.2 Å². The number of aliphatic hydroxyl groups is 1. The highest BCUT2D eigenvalue weighted by molar-refractivity contribution is 6.01. The Morgan fingerprint density at radius 2 is 1.74 bits per heavy atom. The van der Waals surface area contributed by atoms with E-state index in [9.17, 15) is 33.1 Å². The summed E-state index contributed by atoms with van der Waals surface area (Å²) in [5, 5.41) is 19.2. The van der Waals surface area contributed by atoms with Gasteiger partial charge in [-0.2, -0.15) is 0 Å². The fraction of sp³-hybridized carbons (Fsp3) is 0.357. The number of ether oxygens (including phenoxy) is 2. The molecule has 1 atom stereocenters. The maximum absolute atomic E-state index is 13.6. The summed E-state index contributed by atoms with van der Waals surface area (Å²) in [5.41, 5.74) is 2.18. The van der Waals surface area contributed by atoms with Gasteiger partial charge in [0, 0.05) is 56.2 Å². The first-order valence-electron chi connectivity index (χ1n) is 19.1. The molecule has 14 nitrogen and oxygen atoms in total. The third-order valence-corrected chi connectivity index (χ3v) is 10.5. The van der Waals surface area contributed by atoms with Crippen LogP contribution in [0.2, 0.25) is 0 Å². The lowest BCUT2D eigenvalue weighted by Crippen LogP contribution is -2.54. The van der Waals surface area contributed by atoms with Crippen LogP contribution in [0.3, 0.4) is 0 Å². The average molecular weight is 799 g/mol. The van der Waals surface area contributed by atoms with Crippen LogP contribution in [-0.2, 0) is 26.2 Å². The number of aromatic nitrogens is 1. The van der Waals surface area contributed by atoms with E-state index in [0.717, 1.165) is 5.56 Å². The number of hydrogen-bond donors (Lipinski definition) is 4. The second-order valence-electron chi connectivity index (χ2n) is 14.5. The summed E-state index contributed by atoms with van der Waals surface area (Å²) in [7, 11) is 0. The number of furan rings is 1. The number of aliphatic hydroxyl groups excluding tert-OH is 1. The van der Waals surface area contributed by atoms with Crippen LogP contribution in [0.15, 0.2) is 83.8 Å². The van der Waals surface area contributed by atoms with Crippen molar-refractivity contribution in [1.29, 1.82) is 0 Å². The zero-order valence-electron chi connectivity index (χ0n) is 31.9. The number of pyridine rings is 1. The van der Waals surface area contributed by atoms with E-state index in [1.165, 1.54) is 23.1 Å². The zero-order chi connectivity index (χ0) is 41.0. The molecule has 0 bridgehead atoms. The highest BCUT2D eigenvalue weighted by Gasteiger charge is 2.53. The number of amides is 4. The molecular formula is C42H44F2N6O8. The minimum absolute atomic E-state index is 0.0859. The lowest BCUT2D eigenvalue weighted by Gasteiger charge is -2.38. The third-order valence-electron chi connectivity index (χ3n) is 10.5. The molecule has 4 N–H and O–H groups in total. The Bertz CT molecular complexity index is 2220. The van der Waals surface area contributed by atoms with Crippen LogP contribution in [0.1, 0.15) is 59.3 Å². The number of anilines is 2. The number of nitrogens with zero attached hydrogens (tertiary/aromatic N) is 3. The Morgan fingerprint density at radius 1 is 0.966 bits per heavy atom. The summed E-state index contributed by atoms with van der Waals surface area (Å²) in [6.07, 6.45) is -0.468. The lowest BCUT2D eigenvalue weighted by atomic mass is 9.94. The van der Waals surface area contributed by atoms with Crippen molar-refractivity contribution in [2.75, 3.05) is 42.9 Å². The second kappa shape index (κ2) is 16.7. The smallest absolute Gasteiger partial charge is 0.445 e. The number of alkyl halides is 2. The van der Waals surface area contributed by atoms with Gasteiger partial charge in [0.2, 0.25) is 17.7 Å². The molecule has 16 heteroatoms. The van der Waals surface area contributed by atoms with Gasteiger partial charge in [0.25, 0.3) is 5.91 Å². The maximum Gasteiger partial charge on any atom is 0.586 e. The monoisotopic (exact) mass is 798 g/mol. The summed E-state index contributed by atoms with van der Waals surface area (Å²) in [6.45, 7) is 7.19. The van der Waals surface area contributed by atoms with E-state index in [2.05, 4.69) is 32.0 Å². The van der Waals surface area contributed by atoms with Crippen LogP contribution in [0.25, 0.3) is 11.3 Å². The Morgan fingerprint density at radius 3 is 2.50 bits per heavy atom. The van der Waals surface area contributed by atoms with Crippen molar-refractivity contribution in [3.63, 3.8) is 0 Å². The van der Waals surface area contributed by atoms with Crippen LogP contribution in [0.5, 0.6) is 11.5 Å². The van der Waals surface area contributed by atoms with E-state index in [1.807, 2.05) is 19.1 Å². The number of fused-ring (bicyclic) bond motifs is 1. The van der Waals surface area contributed by atoms with E-state index in [4.69, 9.17) is 9.40 Å². The van der Waals surface area contributed by atoms with Gasteiger partial charge in [-0.3, -0.25) is 19.2 Å². The first kappa shape index (κ1) is 39.9. The first-order chi connectivity index (χ1) is 27.8. The second-order valence-corrected chi connectivity index (χ2v) is 14.5. The molecule has 7 rings (SSSR count). The van der Waals surface area contributed by atoms with E-state index in [0.29, 0.717) is 98.1 Å². The highest BCUT2D eigenvalue weighted by Crippen LogP contribution is 2.52. The average Bonchev–Trinajstić information content (AvgIpc) is 3.79. The fourth-order valence-corrected chi connectivity index (χ4v) is 7.07. The van der Waals surface area contributed by atoms with Crippen LogP contribution < -0.4 is 30.3 Å². The summed E-state index contributed by atoms with van der Waals surface area (Å²) < 4.78 is 42.1. The number of carbonyl (C=O) groups is 4. The summed E-state index contributed by atoms with van der Waals surface area (Å²) >= 11 is 0. The van der Waals surface area contributed by atoms with E-state index in [1.54, 1.807) is 47.4 Å². The number of hydrogen-bond acceptors (Lipinski definition) is 10. The molecule has 0 spiro atoms. The maximum atomic E-state index is 13.6. The number of unbranched alkanes of at least 4 members (excludes halogenated alkanes) is 1. The number of halogens is 2. The topological polar surface area (TPSA) is 176 Å². The first-order valence-corrected chi connectivity index (χ1v) is 19.1. The van der Waals surface area contributed by atoms with Gasteiger partial charge in [-0.15, -0.1) is 8.78 Å². The number of carbonyl (C=O) groups excluding carboxylic acids is 4. The van der Waals surface area contributed by atoms with Crippen molar-refractivity contribution in [2.45, 2.75) is 63.4 Å². The zero-order valence-corrected chi connectivity index (χ0v) is 31.9. The van der Waals surface area contributed by atoms with Crippen molar-refractivity contribution in [3.05, 3.63) is 102 Å². The Labute approximate surface area is 333 Å². The standard InChI is InChI=1S/C42H44F2N6O8/c1-3-35(52)49-21-22-50(36(53)25-49)37-16-12-30(56-37)11-15-34(51)45-19-4-5-20-46-39(54)28-8-6-7-27(23-28)38-26(2)9-14-33(47-38)48-40(55)41(17-18-41)29-10-13-31-32(24-29)58-42(43,44)57-31/h3,6-10,12-14,16,23-24,36,53H,1,4-5,11,15,17-22,25H2,2H3,(H,45,51)(H,46,54)(H,47,48,55). The van der Waals surface area contributed by atoms with Gasteiger partial charge in [-0.1, -0.05) is 30.8 Å². The molecule has 2 fully saturated rings. The van der Waals surface area contributed by atoms with Crippen LogP contribution >= 0.6 is 0 Å². The van der Waals surface area contributed by atoms with E-state index in [-0.39, 0.29) is 48.1 Å². The molecule has 304 valence electrons. The van der Waals surface area contributed by atoms with E-state index >= 15 is 0 Å². The SMILES string of the molecule is C=CC(=O)N1CCN(c2ccc(CCC(=O)NCCCCNC(=O)c3cccc(-c4nc(NC(=O)C5(c6ccc7c(c6)OC(F)(F)O7)CC5)ccc4C)c3)o2)C(O)C1. The number of β-amino-alcohol motifs (C(OH)–C–C–N with tert-alkyl or cyclic N) is 1. The number of nitrogens with one attached hydrogen (secondary N) is 3. The van der Waals surface area contributed by atoms with Crippen molar-refractivity contribution in [1.82, 2.24) is 20.5 Å². The molecular weight excluding hydrogens is 754 g/mol. The molecule has 1 saturated heterocycles. The molecule has 2 aromatic heterocycles. The largest absolute Gasteiger partial charge is 0.586 e. The van der Waals surface area contributed by atoms with Crippen molar-refractivity contribution in [3.8, 4) is 22.8 Å². The van der Waals surface area contributed by atoms with Gasteiger partial charge >= 0.3 is 6.29 Å². The van der Waals surface area contributed by atoms with Crippen LogP contribution in [0, 0.1) is 6.92 Å². The molecule has 4 amide bonds. The van der Waals surface area contributed by atoms with Crippen molar-refractivity contribution < 1.29 is 47.0 Å². The number of rotatable bonds is 15. The lowest BCUT2D eigenvalue weighted by molar-refractivity contribution is -0.286. The fourth-order valence-electron chi connectivity index (χ4n) is 7.07. The summed E-state index contributed by atoms with van der Waals surface area (Å²) in [4.78, 5) is 58.8. The van der Waals surface area contributed by atoms with Crippen molar-refractivity contribution in [2.24, 2.45) is 0 Å². The van der Waals surface area contributed by atoms with Gasteiger partial charge in [0.15, 0.2) is 17.4 Å². The number of aryl methyl sites for hydroxylation is 2. The Hall–Kier alpha value is -6.29. The molecule has 0 radical (unpaired) electrons. The summed E-state index contributed by atoms with van der Waals surface area (Å²) in [5.74, 6) is 0.260. The number of piperazine rings is 1. The summed E-state index contributed by atoms with van der Waals surface area (Å²) in [6, 6.07) is 18.5. The third kappa shape index (κ3) is 8.96. The molecule has 1 aliphatic carbocycles. The van der Waals surface area contributed by atoms with Gasteiger partial charge in [0.05, 0.1) is 17.7 Å². The van der Waals surface area contributed by atoms with Gasteiger partial charge < -0.3 is 44.7 Å². The molecule has 4 heterocycles. The molecule has 3 aliphatic rings. The minimum Gasteiger partial charge on any atom is -0.445 e. The predicted molar refractivity (Wildman–Crippen MR) is 208 cm³/mol. The molecule has 58 heavy (non-hydrogen) atoms. The minimum atomic E-state index is -3.75.